The molecule has 1 saturated heterocycles. The molecule has 3 rings (SSSR count). The second kappa shape index (κ2) is 4.95. The Kier molecular flexibility index (Phi) is 3.15. The van der Waals surface area contributed by atoms with Crippen LogP contribution in [-0.2, 0) is 4.79 Å². The van der Waals surface area contributed by atoms with Crippen LogP contribution in [0.15, 0.2) is 52.9 Å². The summed E-state index contributed by atoms with van der Waals surface area (Å²) in [4.78, 5) is 13.9. The smallest absolute Gasteiger partial charge is 0.281 e. The summed E-state index contributed by atoms with van der Waals surface area (Å²) in [5, 5.41) is 7.33. The number of nitrogens with zero attached hydrogens (tertiary/aromatic N) is 1. The van der Waals surface area contributed by atoms with Crippen molar-refractivity contribution < 1.29 is 4.79 Å². The SMILES string of the molecule is O=C1/C(=C/c2ccsc2)NC(=S)N1c1ccccc1. The van der Waals surface area contributed by atoms with Gasteiger partial charge < -0.3 is 5.32 Å². The fourth-order valence-electron chi connectivity index (χ4n) is 1.87. The van der Waals surface area contributed by atoms with Gasteiger partial charge in [-0.1, -0.05) is 18.2 Å². The van der Waals surface area contributed by atoms with Gasteiger partial charge in [0.25, 0.3) is 5.91 Å². The second-order valence-electron chi connectivity index (χ2n) is 4.02. The Labute approximate surface area is 120 Å². The highest BCUT2D eigenvalue weighted by molar-refractivity contribution is 7.80. The van der Waals surface area contributed by atoms with Crippen LogP contribution in [0.2, 0.25) is 0 Å². The molecule has 19 heavy (non-hydrogen) atoms. The Bertz CT molecular complexity index is 647. The number of thiocarbonyl (C=S) groups is 1. The normalized spacial score (nSPS) is 17.1. The first-order valence-electron chi connectivity index (χ1n) is 5.70. The minimum Gasteiger partial charge on any atom is -0.327 e. The maximum Gasteiger partial charge on any atom is 0.281 e. The molecule has 1 aromatic carbocycles. The third-order valence-corrected chi connectivity index (χ3v) is 3.73. The van der Waals surface area contributed by atoms with Crippen LogP contribution >= 0.6 is 23.6 Å². The van der Waals surface area contributed by atoms with Crippen LogP contribution in [0.4, 0.5) is 5.69 Å². The van der Waals surface area contributed by atoms with Gasteiger partial charge in [-0.25, -0.2) is 0 Å². The summed E-state index contributed by atoms with van der Waals surface area (Å²) in [5.41, 5.74) is 2.28. The molecule has 0 aliphatic carbocycles. The summed E-state index contributed by atoms with van der Waals surface area (Å²) in [5.74, 6) is -0.123. The predicted octanol–water partition coefficient (Wildman–Crippen LogP) is 3.01. The van der Waals surface area contributed by atoms with Crippen molar-refractivity contribution in [1.29, 1.82) is 0 Å². The zero-order chi connectivity index (χ0) is 13.2. The average molecular weight is 286 g/mol. The number of carbonyl (C=O) groups is 1. The van der Waals surface area contributed by atoms with E-state index in [4.69, 9.17) is 12.2 Å². The second-order valence-corrected chi connectivity index (χ2v) is 5.19. The third-order valence-electron chi connectivity index (χ3n) is 2.75. The largest absolute Gasteiger partial charge is 0.327 e. The number of thiophene rings is 1. The molecule has 5 heteroatoms. The molecule has 0 atom stereocenters. The summed E-state index contributed by atoms with van der Waals surface area (Å²) < 4.78 is 0. The summed E-state index contributed by atoms with van der Waals surface area (Å²) in [6.07, 6.45) is 1.81. The van der Waals surface area contributed by atoms with Gasteiger partial charge in [-0.05, 0) is 52.8 Å². The van der Waals surface area contributed by atoms with E-state index >= 15 is 0 Å². The third kappa shape index (κ3) is 2.30. The molecule has 0 radical (unpaired) electrons. The van der Waals surface area contributed by atoms with E-state index in [0.717, 1.165) is 11.3 Å². The molecule has 2 aromatic rings. The standard InChI is InChI=1S/C14H10N2OS2/c17-13-12(8-10-6-7-19-9-10)15-14(18)16(13)11-4-2-1-3-5-11/h1-9H,(H,15,18)/b12-8-. The molecular formula is C14H10N2OS2. The molecule has 1 N–H and O–H groups in total. The number of benzene rings is 1. The van der Waals surface area contributed by atoms with Gasteiger partial charge in [0.2, 0.25) is 0 Å². The number of hydrogen-bond donors (Lipinski definition) is 1. The molecule has 94 valence electrons. The summed E-state index contributed by atoms with van der Waals surface area (Å²) in [7, 11) is 0. The van der Waals surface area contributed by atoms with Crippen LogP contribution in [0.25, 0.3) is 6.08 Å². The van der Waals surface area contributed by atoms with E-state index in [-0.39, 0.29) is 5.91 Å². The lowest BCUT2D eigenvalue weighted by molar-refractivity contribution is -0.113. The summed E-state index contributed by atoms with van der Waals surface area (Å²) >= 11 is 6.82. The average Bonchev–Trinajstić information content (AvgIpc) is 3.01. The topological polar surface area (TPSA) is 32.3 Å². The van der Waals surface area contributed by atoms with Gasteiger partial charge in [0.05, 0.1) is 5.69 Å². The van der Waals surface area contributed by atoms with Gasteiger partial charge >= 0.3 is 0 Å². The first-order chi connectivity index (χ1) is 9.25. The van der Waals surface area contributed by atoms with E-state index in [9.17, 15) is 4.79 Å². The van der Waals surface area contributed by atoms with Gasteiger partial charge in [0, 0.05) is 0 Å². The molecule has 1 fully saturated rings. The minimum atomic E-state index is -0.123. The van der Waals surface area contributed by atoms with E-state index < -0.39 is 0 Å². The van der Waals surface area contributed by atoms with Crippen molar-refractivity contribution in [3.05, 3.63) is 58.4 Å². The van der Waals surface area contributed by atoms with E-state index in [1.54, 1.807) is 11.3 Å². The highest BCUT2D eigenvalue weighted by Crippen LogP contribution is 2.22. The Hall–Kier alpha value is -1.98. The maximum absolute atomic E-state index is 12.4. The Morgan fingerprint density at radius 2 is 2.00 bits per heavy atom. The fraction of sp³-hybridized carbons (Fsp3) is 0. The highest BCUT2D eigenvalue weighted by atomic mass is 32.1. The molecule has 1 aliphatic rings. The van der Waals surface area contributed by atoms with Crippen LogP contribution in [-0.4, -0.2) is 11.0 Å². The number of anilines is 1. The lowest BCUT2D eigenvalue weighted by atomic mass is 10.2. The van der Waals surface area contributed by atoms with Gasteiger partial charge in [-0.3, -0.25) is 9.69 Å². The minimum absolute atomic E-state index is 0.123. The first-order valence-corrected chi connectivity index (χ1v) is 7.05. The number of hydrogen-bond acceptors (Lipinski definition) is 3. The van der Waals surface area contributed by atoms with Gasteiger partial charge in [0.1, 0.15) is 5.70 Å². The Morgan fingerprint density at radius 1 is 1.21 bits per heavy atom. The van der Waals surface area contributed by atoms with Crippen molar-refractivity contribution in [2.24, 2.45) is 0 Å². The zero-order valence-corrected chi connectivity index (χ0v) is 11.5. The number of amides is 1. The zero-order valence-electron chi connectivity index (χ0n) is 9.87. The molecule has 1 aliphatic heterocycles. The number of para-hydroxylation sites is 1. The van der Waals surface area contributed by atoms with Crippen molar-refractivity contribution in [2.75, 3.05) is 4.90 Å². The number of carbonyl (C=O) groups excluding carboxylic acids is 1. The Balaban J connectivity index is 1.94. The van der Waals surface area contributed by atoms with Crippen molar-refractivity contribution in [1.82, 2.24) is 5.32 Å². The summed E-state index contributed by atoms with van der Waals surface area (Å²) in [6.45, 7) is 0. The fourth-order valence-corrected chi connectivity index (χ4v) is 2.79. The Morgan fingerprint density at radius 3 is 2.68 bits per heavy atom. The molecule has 0 unspecified atom stereocenters. The maximum atomic E-state index is 12.4. The van der Waals surface area contributed by atoms with Gasteiger partial charge in [0.15, 0.2) is 5.11 Å². The van der Waals surface area contributed by atoms with Crippen LogP contribution in [0.3, 0.4) is 0 Å². The molecule has 1 aromatic heterocycles. The lowest BCUT2D eigenvalue weighted by Crippen LogP contribution is -2.30. The molecule has 3 nitrogen and oxygen atoms in total. The molecule has 0 bridgehead atoms. The van der Waals surface area contributed by atoms with Crippen LogP contribution in [0.1, 0.15) is 5.56 Å². The van der Waals surface area contributed by atoms with E-state index in [0.29, 0.717) is 10.8 Å². The molecular weight excluding hydrogens is 276 g/mol. The number of rotatable bonds is 2. The summed E-state index contributed by atoms with van der Waals surface area (Å²) in [6, 6.07) is 11.3. The molecule has 0 saturated carbocycles. The van der Waals surface area contributed by atoms with E-state index in [2.05, 4.69) is 5.32 Å². The van der Waals surface area contributed by atoms with Crippen LogP contribution in [0.5, 0.6) is 0 Å². The molecule has 2 heterocycles. The number of nitrogens with one attached hydrogen (secondary N) is 1. The van der Waals surface area contributed by atoms with Crippen molar-refractivity contribution >= 4 is 46.3 Å². The first kappa shape index (κ1) is 12.1. The van der Waals surface area contributed by atoms with E-state index in [1.165, 1.54) is 4.90 Å². The monoisotopic (exact) mass is 286 g/mol. The van der Waals surface area contributed by atoms with Crippen molar-refractivity contribution in [3.63, 3.8) is 0 Å². The van der Waals surface area contributed by atoms with Crippen molar-refractivity contribution in [3.8, 4) is 0 Å². The van der Waals surface area contributed by atoms with Gasteiger partial charge in [-0.2, -0.15) is 11.3 Å². The van der Waals surface area contributed by atoms with Gasteiger partial charge in [-0.15, -0.1) is 0 Å². The quantitative estimate of drug-likeness (QED) is 0.680. The van der Waals surface area contributed by atoms with Crippen molar-refractivity contribution in [2.45, 2.75) is 0 Å². The van der Waals surface area contributed by atoms with Crippen LogP contribution in [0, 0.1) is 0 Å². The highest BCUT2D eigenvalue weighted by Gasteiger charge is 2.31. The van der Waals surface area contributed by atoms with E-state index in [1.807, 2.05) is 53.2 Å². The predicted molar refractivity (Wildman–Crippen MR) is 82.0 cm³/mol. The molecule has 0 spiro atoms. The lowest BCUT2D eigenvalue weighted by Gasteiger charge is -2.13. The van der Waals surface area contributed by atoms with Crippen LogP contribution < -0.4 is 10.2 Å². The molecule has 1 amide bonds.